The van der Waals surface area contributed by atoms with Gasteiger partial charge in [-0.25, -0.2) is 4.98 Å². The van der Waals surface area contributed by atoms with Crippen LogP contribution >= 0.6 is 0 Å². The van der Waals surface area contributed by atoms with Gasteiger partial charge in [0.2, 0.25) is 0 Å². The monoisotopic (exact) mass is 335 g/mol. The summed E-state index contributed by atoms with van der Waals surface area (Å²) in [5.41, 5.74) is 2.84. The van der Waals surface area contributed by atoms with Crippen LogP contribution in [0.4, 0.5) is 0 Å². The smallest absolute Gasteiger partial charge is 0.256 e. The summed E-state index contributed by atoms with van der Waals surface area (Å²) in [6, 6.07) is 13.2. The van der Waals surface area contributed by atoms with Crippen LogP contribution in [-0.4, -0.2) is 39.0 Å². The molecule has 0 radical (unpaired) electrons. The average Bonchev–Trinajstić information content (AvgIpc) is 3.12. The molecule has 5 heteroatoms. The quantitative estimate of drug-likeness (QED) is 0.773. The third-order valence-electron chi connectivity index (χ3n) is 5.08. The van der Waals surface area contributed by atoms with Crippen LogP contribution < -0.4 is 0 Å². The maximum absolute atomic E-state index is 12.6. The van der Waals surface area contributed by atoms with Gasteiger partial charge in [-0.05, 0) is 42.0 Å². The van der Waals surface area contributed by atoms with Crippen molar-refractivity contribution in [2.45, 2.75) is 24.9 Å². The highest BCUT2D eigenvalue weighted by atomic mass is 16.3. The lowest BCUT2D eigenvalue weighted by Crippen LogP contribution is -2.40. The molecule has 3 aromatic rings. The van der Waals surface area contributed by atoms with E-state index >= 15 is 0 Å². The van der Waals surface area contributed by atoms with E-state index in [1.165, 1.54) is 5.56 Å². The molecule has 0 aliphatic carbocycles. The van der Waals surface area contributed by atoms with Crippen molar-refractivity contribution in [2.75, 3.05) is 13.1 Å². The van der Waals surface area contributed by atoms with E-state index in [9.17, 15) is 9.90 Å². The number of pyridine rings is 1. The van der Waals surface area contributed by atoms with Crippen LogP contribution in [0, 0.1) is 0 Å². The molecule has 2 N–H and O–H groups in total. The Morgan fingerprint density at radius 1 is 1.16 bits per heavy atom. The molecule has 1 amide bonds. The number of nitrogens with one attached hydrogen (secondary N) is 1. The van der Waals surface area contributed by atoms with Crippen molar-refractivity contribution < 1.29 is 9.90 Å². The molecule has 1 unspecified atom stereocenters. The number of aromatic nitrogens is 2. The number of hydrogen-bond acceptors (Lipinski definition) is 3. The van der Waals surface area contributed by atoms with Gasteiger partial charge in [0.1, 0.15) is 5.65 Å². The Balaban J connectivity index is 1.44. The number of hydrogen-bond donors (Lipinski definition) is 2. The topological polar surface area (TPSA) is 69.2 Å². The minimum absolute atomic E-state index is 0.203. The van der Waals surface area contributed by atoms with E-state index in [-0.39, 0.29) is 5.91 Å². The van der Waals surface area contributed by atoms with Crippen molar-refractivity contribution in [2.24, 2.45) is 0 Å². The third-order valence-corrected chi connectivity index (χ3v) is 5.08. The van der Waals surface area contributed by atoms with E-state index in [2.05, 4.69) is 16.0 Å². The first-order valence-corrected chi connectivity index (χ1v) is 8.68. The molecule has 2 aromatic heterocycles. The fourth-order valence-corrected chi connectivity index (χ4v) is 3.68. The second-order valence-electron chi connectivity index (χ2n) is 6.56. The Labute approximate surface area is 146 Å². The molecule has 25 heavy (non-hydrogen) atoms. The predicted octanol–water partition coefficient (Wildman–Crippen LogP) is 3.00. The number of fused-ring (bicyclic) bond motifs is 1. The first-order valence-electron chi connectivity index (χ1n) is 8.68. The van der Waals surface area contributed by atoms with E-state index in [0.717, 1.165) is 23.9 Å². The van der Waals surface area contributed by atoms with Gasteiger partial charge in [-0.2, -0.15) is 0 Å². The molecule has 0 bridgehead atoms. The lowest BCUT2D eigenvalue weighted by molar-refractivity contribution is -0.141. The van der Waals surface area contributed by atoms with Crippen LogP contribution in [-0.2, 0) is 4.79 Å². The first kappa shape index (κ1) is 15.8. The van der Waals surface area contributed by atoms with Crippen LogP contribution in [0.3, 0.4) is 0 Å². The van der Waals surface area contributed by atoms with Gasteiger partial charge in [-0.15, -0.1) is 0 Å². The van der Waals surface area contributed by atoms with E-state index in [1.54, 1.807) is 23.2 Å². The highest BCUT2D eigenvalue weighted by molar-refractivity contribution is 5.82. The number of likely N-dealkylation sites (tertiary alicyclic amines) is 1. The van der Waals surface area contributed by atoms with Crippen molar-refractivity contribution in [1.29, 1.82) is 0 Å². The van der Waals surface area contributed by atoms with Crippen molar-refractivity contribution in [3.05, 3.63) is 66.0 Å². The van der Waals surface area contributed by atoms with Gasteiger partial charge in [-0.1, -0.05) is 30.3 Å². The molecule has 5 nitrogen and oxygen atoms in total. The van der Waals surface area contributed by atoms with E-state index < -0.39 is 6.10 Å². The van der Waals surface area contributed by atoms with Gasteiger partial charge in [0.05, 0.1) is 0 Å². The number of aliphatic hydroxyl groups excluding tert-OH is 1. The Kier molecular flexibility index (Phi) is 4.24. The summed E-state index contributed by atoms with van der Waals surface area (Å²) in [6.45, 7) is 1.33. The number of aromatic amines is 1. The Morgan fingerprint density at radius 2 is 1.92 bits per heavy atom. The zero-order chi connectivity index (χ0) is 17.2. The van der Waals surface area contributed by atoms with E-state index in [4.69, 9.17) is 0 Å². The lowest BCUT2D eigenvalue weighted by atomic mass is 9.89. The molecular weight excluding hydrogens is 314 g/mol. The Hall–Kier alpha value is -2.66. The fraction of sp³-hybridized carbons (Fsp3) is 0.300. The van der Waals surface area contributed by atoms with Crippen LogP contribution in [0.15, 0.2) is 54.9 Å². The average molecular weight is 335 g/mol. The zero-order valence-electron chi connectivity index (χ0n) is 13.9. The molecule has 128 valence electrons. The number of benzene rings is 1. The number of amides is 1. The van der Waals surface area contributed by atoms with Crippen molar-refractivity contribution in [3.63, 3.8) is 0 Å². The molecule has 0 saturated carbocycles. The standard InChI is InChI=1S/C20H21N3O2/c24-18(15-5-2-1-3-6-15)20(25)23-11-8-14(9-12-23)17-13-22-19-16(17)7-4-10-21-19/h1-7,10,13-14,18,24H,8-9,11-12H2,(H,21,22). The molecule has 1 aromatic carbocycles. The van der Waals surface area contributed by atoms with Gasteiger partial charge in [0.25, 0.3) is 5.91 Å². The predicted molar refractivity (Wildman–Crippen MR) is 96.1 cm³/mol. The van der Waals surface area contributed by atoms with Gasteiger partial charge in [-0.3, -0.25) is 4.79 Å². The fourth-order valence-electron chi connectivity index (χ4n) is 3.68. The highest BCUT2D eigenvalue weighted by Crippen LogP contribution is 2.33. The number of aliphatic hydroxyl groups is 1. The van der Waals surface area contributed by atoms with Crippen LogP contribution in [0.5, 0.6) is 0 Å². The number of rotatable bonds is 3. The Morgan fingerprint density at radius 3 is 2.68 bits per heavy atom. The molecule has 0 spiro atoms. The summed E-state index contributed by atoms with van der Waals surface area (Å²) in [4.78, 5) is 21.9. The maximum atomic E-state index is 12.6. The third kappa shape index (κ3) is 3.03. The molecule has 1 saturated heterocycles. The van der Waals surface area contributed by atoms with E-state index in [1.807, 2.05) is 30.5 Å². The second kappa shape index (κ2) is 6.69. The number of piperidine rings is 1. The van der Waals surface area contributed by atoms with Gasteiger partial charge < -0.3 is 15.0 Å². The van der Waals surface area contributed by atoms with Gasteiger partial charge in [0, 0.05) is 30.9 Å². The van der Waals surface area contributed by atoms with Crippen LogP contribution in [0.2, 0.25) is 0 Å². The molecule has 3 heterocycles. The maximum Gasteiger partial charge on any atom is 0.256 e. The molecule has 1 aliphatic heterocycles. The van der Waals surface area contributed by atoms with Crippen molar-refractivity contribution in [3.8, 4) is 0 Å². The van der Waals surface area contributed by atoms with Crippen molar-refractivity contribution in [1.82, 2.24) is 14.9 Å². The summed E-state index contributed by atoms with van der Waals surface area (Å²) in [5, 5.41) is 11.5. The molecule has 1 atom stereocenters. The minimum atomic E-state index is -1.07. The van der Waals surface area contributed by atoms with Gasteiger partial charge in [0.15, 0.2) is 6.10 Å². The molecular formula is C20H21N3O2. The van der Waals surface area contributed by atoms with E-state index in [0.29, 0.717) is 24.6 Å². The summed E-state index contributed by atoms with van der Waals surface area (Å²) in [5.74, 6) is 0.209. The lowest BCUT2D eigenvalue weighted by Gasteiger charge is -2.33. The SMILES string of the molecule is O=C(C(O)c1ccccc1)N1CCC(c2c[nH]c3ncccc23)CC1. The molecule has 4 rings (SSSR count). The summed E-state index contributed by atoms with van der Waals surface area (Å²) in [7, 11) is 0. The highest BCUT2D eigenvalue weighted by Gasteiger charge is 2.29. The second-order valence-corrected chi connectivity index (χ2v) is 6.56. The van der Waals surface area contributed by atoms with Crippen LogP contribution in [0.25, 0.3) is 11.0 Å². The summed E-state index contributed by atoms with van der Waals surface area (Å²) >= 11 is 0. The number of carbonyl (C=O) groups excluding carboxylic acids is 1. The van der Waals surface area contributed by atoms with Gasteiger partial charge >= 0.3 is 0 Å². The number of nitrogens with zero attached hydrogens (tertiary/aromatic N) is 2. The zero-order valence-corrected chi connectivity index (χ0v) is 13.9. The molecule has 1 aliphatic rings. The Bertz CT molecular complexity index is 867. The number of carbonyl (C=O) groups is 1. The summed E-state index contributed by atoms with van der Waals surface area (Å²) < 4.78 is 0. The number of H-pyrrole nitrogens is 1. The molecule has 1 fully saturated rings. The minimum Gasteiger partial charge on any atom is -0.378 e. The van der Waals surface area contributed by atoms with Crippen molar-refractivity contribution >= 4 is 16.9 Å². The largest absolute Gasteiger partial charge is 0.378 e. The summed E-state index contributed by atoms with van der Waals surface area (Å²) in [6.07, 6.45) is 4.55. The normalized spacial score (nSPS) is 16.9. The first-order chi connectivity index (χ1) is 12.2. The van der Waals surface area contributed by atoms with Crippen LogP contribution in [0.1, 0.15) is 36.0 Å².